The number of aromatic nitrogens is 2. The molecule has 0 aliphatic carbocycles. The van der Waals surface area contributed by atoms with Gasteiger partial charge in [0.15, 0.2) is 5.75 Å². The molecule has 1 heterocycles. The third-order valence-electron chi connectivity index (χ3n) is 3.77. The molecule has 0 aromatic carbocycles. The first-order valence-electron chi connectivity index (χ1n) is 7.68. The third-order valence-corrected chi connectivity index (χ3v) is 3.77. The van der Waals surface area contributed by atoms with Crippen LogP contribution in [0.2, 0.25) is 0 Å². The fraction of sp³-hybridized carbons (Fsp3) is 0.800. The maximum Gasteiger partial charge on any atom is 0.161 e. The lowest BCUT2D eigenvalue weighted by atomic mass is 9.88. The molecule has 1 atom stereocenters. The van der Waals surface area contributed by atoms with Crippen LogP contribution in [0.4, 0.5) is 0 Å². The Balaban J connectivity index is 3.17. The highest BCUT2D eigenvalue weighted by atomic mass is 16.5. The van der Waals surface area contributed by atoms with Crippen LogP contribution < -0.4 is 16.0 Å². The van der Waals surface area contributed by atoms with Gasteiger partial charge in [0.25, 0.3) is 0 Å². The molecule has 5 heteroatoms. The van der Waals surface area contributed by atoms with E-state index in [1.807, 2.05) is 4.68 Å². The molecule has 0 aliphatic heterocycles. The second-order valence-electron chi connectivity index (χ2n) is 5.62. The van der Waals surface area contributed by atoms with Gasteiger partial charge in [-0.1, -0.05) is 26.7 Å². The fourth-order valence-corrected chi connectivity index (χ4v) is 2.88. The number of hydrazine groups is 1. The van der Waals surface area contributed by atoms with Gasteiger partial charge in [-0.05, 0) is 32.6 Å². The van der Waals surface area contributed by atoms with Gasteiger partial charge in [0.1, 0.15) is 0 Å². The van der Waals surface area contributed by atoms with Crippen LogP contribution in [-0.2, 0) is 0 Å². The van der Waals surface area contributed by atoms with Gasteiger partial charge in [-0.25, -0.2) is 0 Å². The molecule has 1 aromatic rings. The number of rotatable bonds is 9. The monoisotopic (exact) mass is 282 g/mol. The number of methoxy groups -OCH3 is 1. The molecule has 5 nitrogen and oxygen atoms in total. The Morgan fingerprint density at radius 3 is 2.30 bits per heavy atom. The van der Waals surface area contributed by atoms with E-state index in [0.29, 0.717) is 5.92 Å². The van der Waals surface area contributed by atoms with Gasteiger partial charge in [-0.2, -0.15) is 5.10 Å². The van der Waals surface area contributed by atoms with Crippen LogP contribution in [0.1, 0.15) is 71.2 Å². The van der Waals surface area contributed by atoms with Crippen molar-refractivity contribution in [2.45, 2.75) is 65.5 Å². The number of hydrogen-bond acceptors (Lipinski definition) is 4. The van der Waals surface area contributed by atoms with Gasteiger partial charge in [0.05, 0.1) is 25.0 Å². The minimum atomic E-state index is 0.0785. The smallest absolute Gasteiger partial charge is 0.161 e. The first-order chi connectivity index (χ1) is 9.60. The zero-order valence-electron chi connectivity index (χ0n) is 13.5. The molecule has 0 aliphatic rings. The van der Waals surface area contributed by atoms with Crippen molar-refractivity contribution < 1.29 is 4.74 Å². The van der Waals surface area contributed by atoms with Gasteiger partial charge in [0.2, 0.25) is 0 Å². The molecular formula is C15H30N4O. The van der Waals surface area contributed by atoms with E-state index >= 15 is 0 Å². The Bertz CT molecular complexity index is 383. The van der Waals surface area contributed by atoms with Crippen LogP contribution in [0.3, 0.4) is 0 Å². The van der Waals surface area contributed by atoms with E-state index in [0.717, 1.165) is 37.1 Å². The summed E-state index contributed by atoms with van der Waals surface area (Å²) >= 11 is 0. The highest BCUT2D eigenvalue weighted by Gasteiger charge is 2.28. The molecule has 1 unspecified atom stereocenters. The van der Waals surface area contributed by atoms with E-state index in [-0.39, 0.29) is 12.1 Å². The topological polar surface area (TPSA) is 65.1 Å². The fourth-order valence-electron chi connectivity index (χ4n) is 2.88. The van der Waals surface area contributed by atoms with E-state index < -0.39 is 0 Å². The van der Waals surface area contributed by atoms with Crippen molar-refractivity contribution in [2.24, 2.45) is 11.8 Å². The average Bonchev–Trinajstić information content (AvgIpc) is 2.84. The summed E-state index contributed by atoms with van der Waals surface area (Å²) in [4.78, 5) is 0. The van der Waals surface area contributed by atoms with Crippen molar-refractivity contribution in [2.75, 3.05) is 7.11 Å². The molecule has 1 aromatic heterocycles. The van der Waals surface area contributed by atoms with E-state index in [2.05, 4.69) is 38.2 Å². The Labute approximate surface area is 122 Å². The quantitative estimate of drug-likeness (QED) is 0.539. The summed E-state index contributed by atoms with van der Waals surface area (Å²) in [5, 5.41) is 4.45. The lowest BCUT2D eigenvalue weighted by Crippen LogP contribution is -2.35. The first-order valence-corrected chi connectivity index (χ1v) is 7.68. The molecule has 3 N–H and O–H groups in total. The summed E-state index contributed by atoms with van der Waals surface area (Å²) in [6.45, 7) is 8.68. The lowest BCUT2D eigenvalue weighted by molar-refractivity contribution is 0.288. The summed E-state index contributed by atoms with van der Waals surface area (Å²) in [6.07, 6.45) is 6.39. The second-order valence-corrected chi connectivity index (χ2v) is 5.62. The summed E-state index contributed by atoms with van der Waals surface area (Å²) in [5.74, 6) is 7.19. The van der Waals surface area contributed by atoms with E-state index in [9.17, 15) is 0 Å². The Kier molecular flexibility index (Phi) is 7.02. The van der Waals surface area contributed by atoms with Gasteiger partial charge in [-0.15, -0.1) is 0 Å². The molecule has 0 saturated carbocycles. The summed E-state index contributed by atoms with van der Waals surface area (Å²) in [7, 11) is 1.69. The largest absolute Gasteiger partial charge is 0.493 e. The molecule has 0 saturated heterocycles. The number of nitrogens with one attached hydrogen (secondary N) is 1. The van der Waals surface area contributed by atoms with Gasteiger partial charge in [-0.3, -0.25) is 16.0 Å². The van der Waals surface area contributed by atoms with Crippen molar-refractivity contribution in [3.63, 3.8) is 0 Å². The van der Waals surface area contributed by atoms with Crippen molar-refractivity contribution in [3.05, 3.63) is 11.9 Å². The van der Waals surface area contributed by atoms with Gasteiger partial charge >= 0.3 is 0 Å². The summed E-state index contributed by atoms with van der Waals surface area (Å²) in [6, 6.07) is 0.364. The summed E-state index contributed by atoms with van der Waals surface area (Å²) in [5.41, 5.74) is 4.07. The van der Waals surface area contributed by atoms with Crippen molar-refractivity contribution >= 4 is 0 Å². The Morgan fingerprint density at radius 1 is 1.30 bits per heavy atom. The van der Waals surface area contributed by atoms with Crippen LogP contribution in [0.25, 0.3) is 0 Å². The number of ether oxygens (including phenoxy) is 1. The highest BCUT2D eigenvalue weighted by molar-refractivity contribution is 5.29. The summed E-state index contributed by atoms with van der Waals surface area (Å²) < 4.78 is 7.50. The van der Waals surface area contributed by atoms with Crippen molar-refractivity contribution in [1.82, 2.24) is 15.2 Å². The molecule has 1 rings (SSSR count). The predicted octanol–water partition coefficient (Wildman–Crippen LogP) is 3.19. The van der Waals surface area contributed by atoms with Crippen molar-refractivity contribution in [3.8, 4) is 5.75 Å². The van der Waals surface area contributed by atoms with Gasteiger partial charge in [0, 0.05) is 6.04 Å². The van der Waals surface area contributed by atoms with E-state index in [4.69, 9.17) is 10.6 Å². The van der Waals surface area contributed by atoms with Crippen molar-refractivity contribution in [1.29, 1.82) is 0 Å². The molecule has 0 radical (unpaired) electrons. The molecule has 0 bridgehead atoms. The molecular weight excluding hydrogens is 252 g/mol. The maximum atomic E-state index is 5.87. The predicted molar refractivity (Wildman–Crippen MR) is 82.5 cm³/mol. The molecule has 20 heavy (non-hydrogen) atoms. The standard InChI is InChI=1S/C15H30N4O/c1-6-8-12(9-7-2)14(18-16)15-13(20-5)10-17-19(15)11(3)4/h10-12,14,18H,6-9,16H2,1-5H3. The zero-order chi connectivity index (χ0) is 15.1. The Hall–Kier alpha value is -1.07. The number of hydrogen-bond donors (Lipinski definition) is 2. The van der Waals surface area contributed by atoms with Crippen LogP contribution in [0.5, 0.6) is 5.75 Å². The van der Waals surface area contributed by atoms with E-state index in [1.165, 1.54) is 0 Å². The molecule has 116 valence electrons. The SMILES string of the molecule is CCCC(CCC)C(NN)c1c(OC)cnn1C(C)C. The number of nitrogens with zero attached hydrogens (tertiary/aromatic N) is 2. The zero-order valence-corrected chi connectivity index (χ0v) is 13.5. The van der Waals surface area contributed by atoms with E-state index in [1.54, 1.807) is 13.3 Å². The van der Waals surface area contributed by atoms with Gasteiger partial charge < -0.3 is 4.74 Å². The normalized spacial score (nSPS) is 13.2. The lowest BCUT2D eigenvalue weighted by Gasteiger charge is -2.28. The highest BCUT2D eigenvalue weighted by Crippen LogP contribution is 2.35. The third kappa shape index (κ3) is 3.73. The molecule has 0 amide bonds. The molecule has 0 spiro atoms. The van der Waals surface area contributed by atoms with Crippen LogP contribution >= 0.6 is 0 Å². The second kappa shape index (κ2) is 8.27. The van der Waals surface area contributed by atoms with Crippen LogP contribution in [-0.4, -0.2) is 16.9 Å². The Morgan fingerprint density at radius 2 is 1.90 bits per heavy atom. The van der Waals surface area contributed by atoms with Crippen LogP contribution in [0.15, 0.2) is 6.20 Å². The minimum absolute atomic E-state index is 0.0785. The maximum absolute atomic E-state index is 5.87. The van der Waals surface area contributed by atoms with Crippen LogP contribution in [0, 0.1) is 5.92 Å². The number of nitrogens with two attached hydrogens (primary N) is 1. The first kappa shape index (κ1) is 17.0. The minimum Gasteiger partial charge on any atom is -0.493 e. The molecule has 0 fully saturated rings. The average molecular weight is 282 g/mol.